The van der Waals surface area contributed by atoms with E-state index in [-0.39, 0.29) is 6.04 Å². The molecule has 0 atom stereocenters. The minimum absolute atomic E-state index is 0.0430. The Balaban J connectivity index is 2.75. The standard InChI is InChI=1S/C12H19F3N2O3/c1-2-3-6-17(9-4-5-9)11(20)16(7-10(18)19)8-12(13,14)15/h9H,2-8H2,1H3,(H,18,19). The van der Waals surface area contributed by atoms with E-state index >= 15 is 0 Å². The molecule has 0 aromatic carbocycles. The van der Waals surface area contributed by atoms with Crippen LogP contribution in [0.2, 0.25) is 0 Å². The Hall–Kier alpha value is -1.47. The molecule has 116 valence electrons. The lowest BCUT2D eigenvalue weighted by Crippen LogP contribution is -2.49. The van der Waals surface area contributed by atoms with Gasteiger partial charge in [-0.3, -0.25) is 4.79 Å². The van der Waals surface area contributed by atoms with E-state index in [9.17, 15) is 22.8 Å². The predicted molar refractivity (Wildman–Crippen MR) is 65.3 cm³/mol. The lowest BCUT2D eigenvalue weighted by atomic mass is 10.3. The second-order valence-electron chi connectivity index (χ2n) is 4.93. The van der Waals surface area contributed by atoms with Gasteiger partial charge < -0.3 is 14.9 Å². The third kappa shape index (κ3) is 5.66. The van der Waals surface area contributed by atoms with Gasteiger partial charge in [0.15, 0.2) is 0 Å². The summed E-state index contributed by atoms with van der Waals surface area (Å²) in [5.74, 6) is -1.45. The fraction of sp³-hybridized carbons (Fsp3) is 0.833. The first kappa shape index (κ1) is 16.6. The van der Waals surface area contributed by atoms with E-state index in [2.05, 4.69) is 0 Å². The van der Waals surface area contributed by atoms with Gasteiger partial charge in [-0.05, 0) is 19.3 Å². The number of carbonyl (C=O) groups is 2. The van der Waals surface area contributed by atoms with Gasteiger partial charge in [-0.1, -0.05) is 13.3 Å². The number of aliphatic carboxylic acids is 1. The van der Waals surface area contributed by atoms with Gasteiger partial charge in [0.2, 0.25) is 0 Å². The van der Waals surface area contributed by atoms with Crippen LogP contribution in [0.1, 0.15) is 32.6 Å². The largest absolute Gasteiger partial charge is 0.480 e. The number of halogens is 3. The average Bonchev–Trinajstić information content (AvgIpc) is 3.10. The number of hydrogen-bond donors (Lipinski definition) is 1. The van der Waals surface area contributed by atoms with E-state index in [1.165, 1.54) is 4.90 Å². The molecule has 0 unspecified atom stereocenters. The van der Waals surface area contributed by atoms with E-state index < -0.39 is 31.3 Å². The molecule has 0 radical (unpaired) electrons. The lowest BCUT2D eigenvalue weighted by molar-refractivity contribution is -0.149. The summed E-state index contributed by atoms with van der Waals surface area (Å²) in [6.07, 6.45) is -1.57. The number of carboxylic acids is 1. The quantitative estimate of drug-likeness (QED) is 0.784. The number of hydrogen-bond acceptors (Lipinski definition) is 2. The van der Waals surface area contributed by atoms with Crippen LogP contribution < -0.4 is 0 Å². The molecule has 0 spiro atoms. The summed E-state index contributed by atoms with van der Waals surface area (Å²) in [6.45, 7) is -0.185. The Labute approximate surface area is 115 Å². The SMILES string of the molecule is CCCCN(C(=O)N(CC(=O)O)CC(F)(F)F)C1CC1. The van der Waals surface area contributed by atoms with Crippen LogP contribution in [0.3, 0.4) is 0 Å². The smallest absolute Gasteiger partial charge is 0.406 e. The van der Waals surface area contributed by atoms with Crippen molar-refractivity contribution in [2.45, 2.75) is 44.8 Å². The molecule has 1 N–H and O–H groups in total. The summed E-state index contributed by atoms with van der Waals surface area (Å²) < 4.78 is 37.3. The van der Waals surface area contributed by atoms with E-state index in [1.54, 1.807) is 0 Å². The summed E-state index contributed by atoms with van der Waals surface area (Å²) in [4.78, 5) is 24.5. The van der Waals surface area contributed by atoms with Crippen molar-refractivity contribution in [3.8, 4) is 0 Å². The molecule has 1 rings (SSSR count). The Morgan fingerprint density at radius 1 is 1.30 bits per heavy atom. The molecular weight excluding hydrogens is 277 g/mol. The van der Waals surface area contributed by atoms with E-state index in [1.807, 2.05) is 6.92 Å². The number of rotatable bonds is 7. The monoisotopic (exact) mass is 296 g/mol. The van der Waals surface area contributed by atoms with Crippen LogP contribution in [0.5, 0.6) is 0 Å². The molecule has 1 aliphatic rings. The molecule has 2 amide bonds. The minimum atomic E-state index is -4.61. The molecule has 5 nitrogen and oxygen atoms in total. The Kier molecular flexibility index (Phi) is 5.64. The third-order valence-corrected chi connectivity index (χ3v) is 2.95. The Morgan fingerprint density at radius 2 is 1.90 bits per heavy atom. The minimum Gasteiger partial charge on any atom is -0.480 e. The van der Waals surface area contributed by atoms with Gasteiger partial charge in [-0.15, -0.1) is 0 Å². The van der Waals surface area contributed by atoms with Crippen molar-refractivity contribution in [1.82, 2.24) is 9.80 Å². The molecule has 8 heteroatoms. The van der Waals surface area contributed by atoms with Crippen LogP contribution >= 0.6 is 0 Å². The van der Waals surface area contributed by atoms with Gasteiger partial charge in [0.25, 0.3) is 0 Å². The number of unbranched alkanes of at least 4 members (excludes halogenated alkanes) is 1. The molecule has 1 fully saturated rings. The molecular formula is C12H19F3N2O3. The van der Waals surface area contributed by atoms with Crippen LogP contribution in [0.25, 0.3) is 0 Å². The van der Waals surface area contributed by atoms with Gasteiger partial charge in [0.1, 0.15) is 13.1 Å². The second kappa shape index (κ2) is 6.81. The highest BCUT2D eigenvalue weighted by Gasteiger charge is 2.39. The maximum Gasteiger partial charge on any atom is 0.406 e. The fourth-order valence-corrected chi connectivity index (χ4v) is 1.90. The third-order valence-electron chi connectivity index (χ3n) is 2.95. The highest BCUT2D eigenvalue weighted by molar-refractivity contribution is 5.80. The number of urea groups is 1. The van der Waals surface area contributed by atoms with Gasteiger partial charge in [-0.25, -0.2) is 4.79 Å². The van der Waals surface area contributed by atoms with Crippen molar-refractivity contribution in [3.05, 3.63) is 0 Å². The first-order valence-electron chi connectivity index (χ1n) is 6.58. The van der Waals surface area contributed by atoms with Gasteiger partial charge in [0, 0.05) is 12.6 Å². The highest BCUT2D eigenvalue weighted by Crippen LogP contribution is 2.29. The fourth-order valence-electron chi connectivity index (χ4n) is 1.90. The zero-order valence-electron chi connectivity index (χ0n) is 11.3. The van der Waals surface area contributed by atoms with Gasteiger partial charge >= 0.3 is 18.2 Å². The maximum atomic E-state index is 12.4. The number of carboxylic acid groups (broad SMARTS) is 1. The van der Waals surface area contributed by atoms with Crippen LogP contribution in [0.15, 0.2) is 0 Å². The summed E-state index contributed by atoms with van der Waals surface area (Å²) in [7, 11) is 0. The van der Waals surface area contributed by atoms with Crippen LogP contribution in [0, 0.1) is 0 Å². The van der Waals surface area contributed by atoms with Gasteiger partial charge in [0.05, 0.1) is 0 Å². The predicted octanol–water partition coefficient (Wildman–Crippen LogP) is 2.32. The molecule has 0 heterocycles. The van der Waals surface area contributed by atoms with Crippen LogP contribution in [-0.4, -0.2) is 58.8 Å². The summed E-state index contributed by atoms with van der Waals surface area (Å²) in [5.41, 5.74) is 0. The summed E-state index contributed by atoms with van der Waals surface area (Å²) in [5, 5.41) is 8.66. The van der Waals surface area contributed by atoms with Gasteiger partial charge in [-0.2, -0.15) is 13.2 Å². The average molecular weight is 296 g/mol. The van der Waals surface area contributed by atoms with Crippen molar-refractivity contribution in [1.29, 1.82) is 0 Å². The van der Waals surface area contributed by atoms with E-state index in [0.717, 1.165) is 19.3 Å². The first-order chi connectivity index (χ1) is 9.24. The van der Waals surface area contributed by atoms with Crippen molar-refractivity contribution >= 4 is 12.0 Å². The normalized spacial score (nSPS) is 15.0. The number of alkyl halides is 3. The topological polar surface area (TPSA) is 60.9 Å². The molecule has 1 aliphatic carbocycles. The Bertz CT molecular complexity index is 356. The summed E-state index contributed by atoms with van der Waals surface area (Å²) >= 11 is 0. The maximum absolute atomic E-state index is 12.4. The number of nitrogens with zero attached hydrogens (tertiary/aromatic N) is 2. The van der Waals surface area contributed by atoms with Crippen molar-refractivity contribution in [2.75, 3.05) is 19.6 Å². The second-order valence-corrected chi connectivity index (χ2v) is 4.93. The van der Waals surface area contributed by atoms with Crippen molar-refractivity contribution < 1.29 is 27.9 Å². The number of carbonyl (C=O) groups excluding carboxylic acids is 1. The molecule has 1 saturated carbocycles. The molecule has 20 heavy (non-hydrogen) atoms. The molecule has 0 aromatic heterocycles. The molecule has 0 saturated heterocycles. The summed E-state index contributed by atoms with van der Waals surface area (Å²) in [6, 6.07) is -0.876. The molecule has 0 aromatic rings. The molecule has 0 bridgehead atoms. The van der Waals surface area contributed by atoms with E-state index in [4.69, 9.17) is 5.11 Å². The van der Waals surface area contributed by atoms with Crippen LogP contribution in [0.4, 0.5) is 18.0 Å². The van der Waals surface area contributed by atoms with Crippen LogP contribution in [-0.2, 0) is 4.79 Å². The molecule has 0 aliphatic heterocycles. The van der Waals surface area contributed by atoms with Crippen molar-refractivity contribution in [3.63, 3.8) is 0 Å². The zero-order valence-corrected chi connectivity index (χ0v) is 11.3. The first-order valence-corrected chi connectivity index (χ1v) is 6.58. The van der Waals surface area contributed by atoms with Crippen molar-refractivity contribution in [2.24, 2.45) is 0 Å². The number of amides is 2. The Morgan fingerprint density at radius 3 is 2.30 bits per heavy atom. The lowest BCUT2D eigenvalue weighted by Gasteiger charge is -2.30. The zero-order chi connectivity index (χ0) is 15.3. The van der Waals surface area contributed by atoms with E-state index in [0.29, 0.717) is 17.9 Å². The highest BCUT2D eigenvalue weighted by atomic mass is 19.4.